The fourth-order valence-electron chi connectivity index (χ4n) is 7.98. The standard InChI is InChI=1S/C25H35FN4O5.C16H36N/c1-4-28-16-19(24(32)33)23(31)18-13-20(26)22(14-21(18)28)29-11-9-27(10-12-29)15-17-5-7-30(8-6-17)25(34-2)35-3;1-5-9-13-17(14-10-6-2,15-11-7-3)16-12-8-4/h13-14,16-17,25H,4-12,15H2,1-3H3,(H,32,33);5-16H2,1-4H3/q;+1. The first kappa shape index (κ1) is 43.8. The van der Waals surface area contributed by atoms with Crippen LogP contribution >= 0.6 is 0 Å². The van der Waals surface area contributed by atoms with Gasteiger partial charge in [-0.3, -0.25) is 14.6 Å². The van der Waals surface area contributed by atoms with E-state index in [9.17, 15) is 14.7 Å². The first-order valence-corrected chi connectivity index (χ1v) is 20.3. The van der Waals surface area contributed by atoms with Gasteiger partial charge in [-0.2, -0.15) is 0 Å². The molecule has 0 bridgehead atoms. The molecule has 0 spiro atoms. The molecule has 2 fully saturated rings. The van der Waals surface area contributed by atoms with Crippen molar-refractivity contribution in [2.45, 2.75) is 112 Å². The fourth-order valence-corrected chi connectivity index (χ4v) is 7.98. The molecular formula is C41H71FN5O5+. The first-order chi connectivity index (χ1) is 25.1. The topological polar surface area (TPSA) is 87.5 Å². The number of hydrogen-bond acceptors (Lipinski definition) is 7. The van der Waals surface area contributed by atoms with Crippen LogP contribution in [0, 0.1) is 11.7 Å². The largest absolute Gasteiger partial charge is 0.477 e. The van der Waals surface area contributed by atoms with E-state index >= 15 is 4.39 Å². The number of nitrogens with zero attached hydrogens (tertiary/aromatic N) is 5. The van der Waals surface area contributed by atoms with Crippen LogP contribution in [0.4, 0.5) is 10.1 Å². The number of carbonyl (C=O) groups is 1. The van der Waals surface area contributed by atoms with Crippen LogP contribution in [0.2, 0.25) is 0 Å². The van der Waals surface area contributed by atoms with Crippen molar-refractivity contribution in [3.05, 3.63) is 39.9 Å². The van der Waals surface area contributed by atoms with Crippen molar-refractivity contribution in [3.63, 3.8) is 0 Å². The van der Waals surface area contributed by atoms with Gasteiger partial charge in [0.15, 0.2) is 0 Å². The Morgan fingerprint density at radius 2 is 1.37 bits per heavy atom. The monoisotopic (exact) mass is 733 g/mol. The van der Waals surface area contributed by atoms with E-state index in [1.807, 2.05) is 11.8 Å². The molecule has 0 amide bonds. The molecule has 0 atom stereocenters. The summed E-state index contributed by atoms with van der Waals surface area (Å²) in [5.41, 5.74) is 0.0190. The molecule has 1 aromatic heterocycles. The molecule has 52 heavy (non-hydrogen) atoms. The Hall–Kier alpha value is -2.57. The first-order valence-electron chi connectivity index (χ1n) is 20.3. The van der Waals surface area contributed by atoms with Crippen molar-refractivity contribution in [2.24, 2.45) is 5.92 Å². The van der Waals surface area contributed by atoms with E-state index in [1.165, 1.54) is 94.3 Å². The van der Waals surface area contributed by atoms with Crippen molar-refractivity contribution < 1.29 is 28.2 Å². The number of piperazine rings is 1. The molecule has 10 nitrogen and oxygen atoms in total. The van der Waals surface area contributed by atoms with Gasteiger partial charge in [0.2, 0.25) is 11.8 Å². The quantitative estimate of drug-likeness (QED) is 0.112. The third-order valence-corrected chi connectivity index (χ3v) is 11.2. The van der Waals surface area contributed by atoms with Crippen LogP contribution < -0.4 is 10.3 Å². The number of likely N-dealkylation sites (tertiary alicyclic amines) is 1. The summed E-state index contributed by atoms with van der Waals surface area (Å²) in [6.07, 6.45) is 14.3. The van der Waals surface area contributed by atoms with E-state index in [0.717, 1.165) is 45.6 Å². The lowest BCUT2D eigenvalue weighted by molar-refractivity contribution is -0.929. The average molecular weight is 733 g/mol. The van der Waals surface area contributed by atoms with Crippen LogP contribution in [0.5, 0.6) is 0 Å². The Kier molecular flexibility index (Phi) is 19.1. The van der Waals surface area contributed by atoms with Gasteiger partial charge < -0.3 is 28.5 Å². The molecule has 4 rings (SSSR count). The summed E-state index contributed by atoms with van der Waals surface area (Å²) in [4.78, 5) is 30.7. The smallest absolute Gasteiger partial charge is 0.341 e. The van der Waals surface area contributed by atoms with Gasteiger partial charge in [-0.15, -0.1) is 0 Å². The maximum Gasteiger partial charge on any atom is 0.341 e. The van der Waals surface area contributed by atoms with E-state index in [-0.39, 0.29) is 17.4 Å². The van der Waals surface area contributed by atoms with E-state index in [4.69, 9.17) is 9.47 Å². The minimum absolute atomic E-state index is 0.0992. The SMILES string of the molecule is CCCC[N+](CCCC)(CCCC)CCCC.CCn1cc(C(=O)O)c(=O)c2cc(F)c(N3CCN(CC4CCN(C(OC)OC)CC4)CC3)cc21. The van der Waals surface area contributed by atoms with Crippen molar-refractivity contribution in [2.75, 3.05) is 91.1 Å². The molecule has 0 aliphatic carbocycles. The van der Waals surface area contributed by atoms with Gasteiger partial charge in [-0.05, 0) is 63.5 Å². The molecule has 2 aromatic rings. The van der Waals surface area contributed by atoms with Crippen LogP contribution in [0.15, 0.2) is 23.1 Å². The zero-order valence-electron chi connectivity index (χ0n) is 33.6. The summed E-state index contributed by atoms with van der Waals surface area (Å²) in [7, 11) is 3.32. The van der Waals surface area contributed by atoms with Gasteiger partial charge in [0.25, 0.3) is 0 Å². The van der Waals surface area contributed by atoms with Crippen molar-refractivity contribution >= 4 is 22.6 Å². The number of methoxy groups -OCH3 is 2. The van der Waals surface area contributed by atoms with Crippen LogP contribution in [-0.4, -0.2) is 123 Å². The number of pyridine rings is 1. The number of aryl methyl sites for hydroxylation is 1. The van der Waals surface area contributed by atoms with Gasteiger partial charge in [-0.1, -0.05) is 53.4 Å². The molecule has 0 radical (unpaired) electrons. The average Bonchev–Trinajstić information content (AvgIpc) is 3.16. The highest BCUT2D eigenvalue weighted by Gasteiger charge is 2.29. The van der Waals surface area contributed by atoms with Crippen molar-refractivity contribution in [1.29, 1.82) is 0 Å². The molecule has 3 heterocycles. The third-order valence-electron chi connectivity index (χ3n) is 11.2. The molecular weight excluding hydrogens is 661 g/mol. The normalized spacial score (nSPS) is 16.4. The Bertz CT molecular complexity index is 1360. The number of rotatable bonds is 20. The van der Waals surface area contributed by atoms with Crippen molar-refractivity contribution in [3.8, 4) is 0 Å². The molecule has 0 unspecified atom stereocenters. The zero-order chi connectivity index (χ0) is 38.1. The molecule has 1 aromatic carbocycles. The molecule has 2 saturated heterocycles. The van der Waals surface area contributed by atoms with Crippen LogP contribution in [0.1, 0.15) is 109 Å². The molecule has 0 saturated carbocycles. The highest BCUT2D eigenvalue weighted by Crippen LogP contribution is 2.27. The van der Waals surface area contributed by atoms with Gasteiger partial charge in [0, 0.05) is 78.2 Å². The number of carboxylic acid groups (broad SMARTS) is 1. The van der Waals surface area contributed by atoms with Crippen LogP contribution in [-0.2, 0) is 16.0 Å². The predicted molar refractivity (Wildman–Crippen MR) is 211 cm³/mol. The Morgan fingerprint density at radius 1 is 0.846 bits per heavy atom. The number of aromatic carboxylic acids is 1. The minimum Gasteiger partial charge on any atom is -0.477 e. The number of halogens is 1. The summed E-state index contributed by atoms with van der Waals surface area (Å²) in [6, 6.07) is 2.88. The number of benzene rings is 1. The second-order valence-corrected chi connectivity index (χ2v) is 15.0. The van der Waals surface area contributed by atoms with Gasteiger partial charge in [0.05, 0.1) is 37.4 Å². The number of piperidine rings is 1. The zero-order valence-corrected chi connectivity index (χ0v) is 33.6. The number of fused-ring (bicyclic) bond motifs is 1. The molecule has 11 heteroatoms. The van der Waals surface area contributed by atoms with Crippen LogP contribution in [0.3, 0.4) is 0 Å². The molecule has 2 aliphatic rings. The van der Waals surface area contributed by atoms with Crippen LogP contribution in [0.25, 0.3) is 10.9 Å². The number of ether oxygens (including phenoxy) is 2. The summed E-state index contributed by atoms with van der Waals surface area (Å²) in [6.45, 7) is 23.4. The number of aromatic nitrogens is 1. The number of unbranched alkanes of at least 4 members (excludes halogenated alkanes) is 4. The van der Waals surface area contributed by atoms with Gasteiger partial charge >= 0.3 is 5.97 Å². The van der Waals surface area contributed by atoms with E-state index in [1.54, 1.807) is 24.9 Å². The van der Waals surface area contributed by atoms with E-state index in [0.29, 0.717) is 36.8 Å². The number of hydrogen-bond donors (Lipinski definition) is 1. The number of carboxylic acids is 1. The Morgan fingerprint density at radius 3 is 1.81 bits per heavy atom. The lowest BCUT2D eigenvalue weighted by Crippen LogP contribution is -2.50. The Labute approximate surface area is 313 Å². The maximum absolute atomic E-state index is 15.1. The fraction of sp³-hybridized carbons (Fsp3) is 0.756. The molecule has 2 aliphatic heterocycles. The Balaban J connectivity index is 0.000000363. The van der Waals surface area contributed by atoms with E-state index < -0.39 is 17.2 Å². The highest BCUT2D eigenvalue weighted by molar-refractivity contribution is 5.93. The lowest BCUT2D eigenvalue weighted by Gasteiger charge is -2.40. The summed E-state index contributed by atoms with van der Waals surface area (Å²) in [5, 5.41) is 9.44. The summed E-state index contributed by atoms with van der Waals surface area (Å²) in [5.74, 6) is -1.18. The lowest BCUT2D eigenvalue weighted by atomic mass is 9.96. The van der Waals surface area contributed by atoms with E-state index in [2.05, 4.69) is 37.5 Å². The second kappa shape index (κ2) is 22.6. The second-order valence-electron chi connectivity index (χ2n) is 15.0. The summed E-state index contributed by atoms with van der Waals surface area (Å²) < 4.78 is 29.0. The van der Waals surface area contributed by atoms with Gasteiger partial charge in [-0.25, -0.2) is 9.18 Å². The number of anilines is 1. The molecule has 1 N–H and O–H groups in total. The minimum atomic E-state index is -1.30. The predicted octanol–water partition coefficient (Wildman–Crippen LogP) is 7.27. The maximum atomic E-state index is 15.1. The van der Waals surface area contributed by atoms with Crippen molar-refractivity contribution in [1.82, 2.24) is 14.4 Å². The number of quaternary nitrogens is 1. The molecule has 296 valence electrons. The third kappa shape index (κ3) is 12.2. The highest BCUT2D eigenvalue weighted by atomic mass is 19.1. The summed E-state index contributed by atoms with van der Waals surface area (Å²) >= 11 is 0. The van der Waals surface area contributed by atoms with Gasteiger partial charge in [0.1, 0.15) is 11.4 Å².